The smallest absolute Gasteiger partial charge is 0.321 e. The molecule has 0 fully saturated rings. The molecule has 0 bridgehead atoms. The van der Waals surface area contributed by atoms with Crippen LogP contribution in [0.15, 0.2) is 41.8 Å². The third-order valence-corrected chi connectivity index (χ3v) is 5.92. The number of amides is 1. The van der Waals surface area contributed by atoms with Gasteiger partial charge in [0.15, 0.2) is 0 Å². The van der Waals surface area contributed by atoms with Crippen LogP contribution in [0.3, 0.4) is 0 Å². The summed E-state index contributed by atoms with van der Waals surface area (Å²) in [5.74, 6) is -1.61. The molecule has 0 aliphatic heterocycles. The lowest BCUT2D eigenvalue weighted by atomic mass is 10.2. The summed E-state index contributed by atoms with van der Waals surface area (Å²) in [5.41, 5.74) is 0.449. The van der Waals surface area contributed by atoms with E-state index in [9.17, 15) is 23.1 Å². The van der Waals surface area contributed by atoms with Crippen LogP contribution in [0.1, 0.15) is 19.4 Å². The van der Waals surface area contributed by atoms with Crippen LogP contribution in [0.4, 0.5) is 0 Å². The topological polar surface area (TPSA) is 134 Å². The van der Waals surface area contributed by atoms with Crippen molar-refractivity contribution in [3.8, 4) is 0 Å². The van der Waals surface area contributed by atoms with Gasteiger partial charge in [0.1, 0.15) is 18.7 Å². The van der Waals surface area contributed by atoms with Gasteiger partial charge in [-0.3, -0.25) is 9.59 Å². The van der Waals surface area contributed by atoms with Gasteiger partial charge in [-0.05, 0) is 18.6 Å². The number of carbonyl (C=O) groups excluding carboxylic acids is 1. The summed E-state index contributed by atoms with van der Waals surface area (Å²) in [7, 11) is -4.14. The number of sulfonamides is 1. The summed E-state index contributed by atoms with van der Waals surface area (Å²) in [4.78, 5) is 26.3. The van der Waals surface area contributed by atoms with Gasteiger partial charge in [-0.1, -0.05) is 18.2 Å². The number of nitrogens with zero attached hydrogens (tertiary/aromatic N) is 4. The maximum atomic E-state index is 13.2. The van der Waals surface area contributed by atoms with E-state index < -0.39 is 22.0 Å². The van der Waals surface area contributed by atoms with Crippen molar-refractivity contribution in [1.29, 1.82) is 0 Å². The molecule has 1 unspecified atom stereocenters. The van der Waals surface area contributed by atoms with Gasteiger partial charge in [-0.15, -0.1) is 0 Å². The molecule has 1 atom stereocenters. The van der Waals surface area contributed by atoms with Gasteiger partial charge in [0.2, 0.25) is 15.9 Å². The normalized spacial score (nSPS) is 12.7. The fraction of sp³-hybridized carbons (Fsp3) is 0.375. The van der Waals surface area contributed by atoms with Gasteiger partial charge in [-0.2, -0.15) is 9.40 Å². The first-order chi connectivity index (χ1) is 12.7. The van der Waals surface area contributed by atoms with Gasteiger partial charge in [0.25, 0.3) is 0 Å². The van der Waals surface area contributed by atoms with E-state index in [1.165, 1.54) is 37.3 Å². The highest BCUT2D eigenvalue weighted by atomic mass is 32.2. The van der Waals surface area contributed by atoms with E-state index in [1.807, 2.05) is 0 Å². The molecule has 0 aliphatic rings. The zero-order valence-corrected chi connectivity index (χ0v) is 15.8. The van der Waals surface area contributed by atoms with Crippen LogP contribution in [0.5, 0.6) is 0 Å². The second kappa shape index (κ2) is 8.73. The average molecular weight is 395 g/mol. The predicted octanol–water partition coefficient (Wildman–Crippen LogP) is -0.0737. The van der Waals surface area contributed by atoms with Gasteiger partial charge >= 0.3 is 5.97 Å². The number of nitrogens with one attached hydrogen (secondary N) is 1. The lowest BCUT2D eigenvalue weighted by Gasteiger charge is -2.26. The SMILES string of the molecule is CC(=O)NCCN(C(C)C(=O)O)S(=O)(=O)c1ccccc1Cn1cncn1. The van der Waals surface area contributed by atoms with E-state index in [4.69, 9.17) is 0 Å². The predicted molar refractivity (Wildman–Crippen MR) is 95.2 cm³/mol. The highest BCUT2D eigenvalue weighted by Gasteiger charge is 2.34. The third-order valence-electron chi connectivity index (χ3n) is 3.85. The zero-order chi connectivity index (χ0) is 20.0. The molecule has 2 rings (SSSR count). The van der Waals surface area contributed by atoms with Gasteiger partial charge in [-0.25, -0.2) is 18.1 Å². The molecule has 146 valence electrons. The Labute approximate surface area is 156 Å². The Morgan fingerprint density at radius 2 is 2.04 bits per heavy atom. The minimum absolute atomic E-state index is 0.00255. The quantitative estimate of drug-likeness (QED) is 0.607. The molecular formula is C16H21N5O5S. The van der Waals surface area contributed by atoms with Crippen molar-refractivity contribution >= 4 is 21.9 Å². The Kier molecular flexibility index (Phi) is 6.64. The average Bonchev–Trinajstić information content (AvgIpc) is 3.11. The van der Waals surface area contributed by atoms with E-state index in [0.717, 1.165) is 4.31 Å². The lowest BCUT2D eigenvalue weighted by Crippen LogP contribution is -2.46. The summed E-state index contributed by atoms with van der Waals surface area (Å²) in [5, 5.41) is 15.8. The largest absolute Gasteiger partial charge is 0.480 e. The minimum atomic E-state index is -4.14. The fourth-order valence-electron chi connectivity index (χ4n) is 2.49. The third kappa shape index (κ3) is 5.11. The standard InChI is InChI=1S/C16H21N5O5S/c1-12(16(23)24)21(8-7-18-13(2)22)27(25,26)15-6-4-3-5-14(15)9-20-11-17-10-19-20/h3-6,10-12H,7-9H2,1-2H3,(H,18,22)(H,23,24). The molecule has 2 aromatic rings. The van der Waals surface area contributed by atoms with E-state index in [0.29, 0.717) is 5.56 Å². The summed E-state index contributed by atoms with van der Waals surface area (Å²) in [6, 6.07) is 5.00. The van der Waals surface area contributed by atoms with Crippen LogP contribution in [0, 0.1) is 0 Å². The molecule has 0 spiro atoms. The lowest BCUT2D eigenvalue weighted by molar-refractivity contribution is -0.140. The van der Waals surface area contributed by atoms with E-state index in [1.54, 1.807) is 18.2 Å². The van der Waals surface area contributed by atoms with E-state index in [2.05, 4.69) is 15.4 Å². The number of aromatic nitrogens is 3. The van der Waals surface area contributed by atoms with Crippen molar-refractivity contribution in [2.45, 2.75) is 31.3 Å². The van der Waals surface area contributed by atoms with Gasteiger partial charge in [0, 0.05) is 20.0 Å². The molecule has 0 saturated carbocycles. The zero-order valence-electron chi connectivity index (χ0n) is 14.9. The minimum Gasteiger partial charge on any atom is -0.480 e. The van der Waals surface area contributed by atoms with Crippen molar-refractivity contribution < 1.29 is 23.1 Å². The van der Waals surface area contributed by atoms with Crippen molar-refractivity contribution in [2.24, 2.45) is 0 Å². The number of rotatable bonds is 9. The highest BCUT2D eigenvalue weighted by molar-refractivity contribution is 7.89. The first kappa shape index (κ1) is 20.5. The molecule has 0 radical (unpaired) electrons. The summed E-state index contributed by atoms with van der Waals surface area (Å²) >= 11 is 0. The van der Waals surface area contributed by atoms with Crippen LogP contribution < -0.4 is 5.32 Å². The summed E-state index contributed by atoms with van der Waals surface area (Å²) in [6.45, 7) is 2.57. The van der Waals surface area contributed by atoms with Crippen LogP contribution in [-0.4, -0.2) is 63.6 Å². The van der Waals surface area contributed by atoms with Gasteiger partial charge < -0.3 is 10.4 Å². The number of carboxylic acid groups (broad SMARTS) is 1. The maximum Gasteiger partial charge on any atom is 0.321 e. The van der Waals surface area contributed by atoms with Crippen LogP contribution in [0.25, 0.3) is 0 Å². The van der Waals surface area contributed by atoms with Crippen molar-refractivity contribution in [2.75, 3.05) is 13.1 Å². The first-order valence-electron chi connectivity index (χ1n) is 8.13. The number of hydrogen-bond donors (Lipinski definition) is 2. The van der Waals surface area contributed by atoms with E-state index in [-0.39, 0.29) is 30.4 Å². The number of carboxylic acids is 1. The Hall–Kier alpha value is -2.79. The van der Waals surface area contributed by atoms with Crippen LogP contribution >= 0.6 is 0 Å². The molecule has 27 heavy (non-hydrogen) atoms. The molecule has 10 nitrogen and oxygen atoms in total. The summed E-state index contributed by atoms with van der Waals surface area (Å²) < 4.78 is 28.8. The Morgan fingerprint density at radius 3 is 2.63 bits per heavy atom. The summed E-state index contributed by atoms with van der Waals surface area (Å²) in [6.07, 6.45) is 2.79. The number of hydrogen-bond acceptors (Lipinski definition) is 6. The molecule has 2 N–H and O–H groups in total. The van der Waals surface area contributed by atoms with E-state index >= 15 is 0 Å². The first-order valence-corrected chi connectivity index (χ1v) is 9.57. The second-order valence-corrected chi connectivity index (χ2v) is 7.67. The Bertz CT molecular complexity index is 898. The second-order valence-electron chi connectivity index (χ2n) is 5.81. The number of benzene rings is 1. The number of aliphatic carboxylic acids is 1. The Balaban J connectivity index is 2.39. The fourth-order valence-corrected chi connectivity index (χ4v) is 4.29. The van der Waals surface area contributed by atoms with Gasteiger partial charge in [0.05, 0.1) is 11.4 Å². The Morgan fingerprint density at radius 1 is 1.33 bits per heavy atom. The molecule has 1 aromatic carbocycles. The molecule has 1 amide bonds. The molecule has 0 aliphatic carbocycles. The number of carbonyl (C=O) groups is 2. The van der Waals surface area contributed by atoms with Crippen molar-refractivity contribution in [1.82, 2.24) is 24.4 Å². The molecule has 1 aromatic heterocycles. The van der Waals surface area contributed by atoms with Crippen molar-refractivity contribution in [3.05, 3.63) is 42.5 Å². The molecule has 0 saturated heterocycles. The van der Waals surface area contributed by atoms with Crippen molar-refractivity contribution in [3.63, 3.8) is 0 Å². The van der Waals surface area contributed by atoms with Crippen LogP contribution in [0.2, 0.25) is 0 Å². The molecular weight excluding hydrogens is 374 g/mol. The maximum absolute atomic E-state index is 13.2. The van der Waals surface area contributed by atoms with Crippen LogP contribution in [-0.2, 0) is 26.2 Å². The highest BCUT2D eigenvalue weighted by Crippen LogP contribution is 2.22. The molecule has 1 heterocycles. The monoisotopic (exact) mass is 395 g/mol. The molecule has 11 heteroatoms.